The number of benzene rings is 2. The average molecular weight is 290 g/mol. The molecule has 106 valence electrons. The molecule has 0 fully saturated rings. The molecule has 2 nitrogen and oxygen atoms in total. The molecule has 0 aromatic heterocycles. The van der Waals surface area contributed by atoms with Crippen LogP contribution in [0.25, 0.3) is 0 Å². The van der Waals surface area contributed by atoms with Crippen molar-refractivity contribution in [3.63, 3.8) is 0 Å². The van der Waals surface area contributed by atoms with E-state index >= 15 is 0 Å². The van der Waals surface area contributed by atoms with E-state index in [-0.39, 0.29) is 5.41 Å². The maximum absolute atomic E-state index is 5.95. The number of para-hydroxylation sites is 1. The molecular formula is C17H20ClNO. The second kappa shape index (κ2) is 5.76. The van der Waals surface area contributed by atoms with Gasteiger partial charge in [-0.1, -0.05) is 56.6 Å². The smallest absolute Gasteiger partial charge is 0.123 e. The van der Waals surface area contributed by atoms with Crippen LogP contribution < -0.4 is 10.5 Å². The minimum absolute atomic E-state index is 0.0438. The molecule has 0 aliphatic rings. The lowest BCUT2D eigenvalue weighted by Gasteiger charge is -2.22. The molecule has 2 aromatic carbocycles. The van der Waals surface area contributed by atoms with E-state index in [9.17, 15) is 0 Å². The second-order valence-corrected chi connectivity index (χ2v) is 6.31. The molecule has 0 radical (unpaired) electrons. The largest absolute Gasteiger partial charge is 0.489 e. The molecule has 0 aliphatic heterocycles. The highest BCUT2D eigenvalue weighted by Gasteiger charge is 2.18. The first-order valence-corrected chi connectivity index (χ1v) is 7.02. The Bertz CT molecular complexity index is 602. The molecule has 0 atom stereocenters. The summed E-state index contributed by atoms with van der Waals surface area (Å²) in [6, 6.07) is 13.6. The monoisotopic (exact) mass is 289 g/mol. The van der Waals surface area contributed by atoms with E-state index in [1.165, 1.54) is 5.56 Å². The SMILES string of the molecule is CC(C)(C)c1ccccc1OCc1ccc(Cl)cc1N. The van der Waals surface area contributed by atoms with E-state index in [1.807, 2.05) is 30.3 Å². The minimum atomic E-state index is 0.0438. The number of rotatable bonds is 3. The Labute approximate surface area is 125 Å². The van der Waals surface area contributed by atoms with Crippen LogP contribution in [0.15, 0.2) is 42.5 Å². The van der Waals surface area contributed by atoms with Crippen molar-refractivity contribution in [2.45, 2.75) is 32.8 Å². The molecule has 0 aliphatic carbocycles. The van der Waals surface area contributed by atoms with Gasteiger partial charge in [-0.2, -0.15) is 0 Å². The highest BCUT2D eigenvalue weighted by molar-refractivity contribution is 6.30. The van der Waals surface area contributed by atoms with Gasteiger partial charge in [-0.15, -0.1) is 0 Å². The normalized spacial score (nSPS) is 11.4. The summed E-state index contributed by atoms with van der Waals surface area (Å²) < 4.78 is 5.95. The zero-order valence-corrected chi connectivity index (χ0v) is 12.9. The molecule has 0 unspecified atom stereocenters. The van der Waals surface area contributed by atoms with Gasteiger partial charge in [-0.3, -0.25) is 0 Å². The molecule has 2 N–H and O–H groups in total. The Morgan fingerprint density at radius 2 is 1.80 bits per heavy atom. The summed E-state index contributed by atoms with van der Waals surface area (Å²) in [6.07, 6.45) is 0. The number of anilines is 1. The average Bonchev–Trinajstić information content (AvgIpc) is 2.37. The van der Waals surface area contributed by atoms with Crippen LogP contribution in [0.5, 0.6) is 5.75 Å². The topological polar surface area (TPSA) is 35.2 Å². The second-order valence-electron chi connectivity index (χ2n) is 5.88. The van der Waals surface area contributed by atoms with Crippen molar-refractivity contribution in [1.82, 2.24) is 0 Å². The predicted octanol–water partition coefficient (Wildman–Crippen LogP) is 4.80. The molecule has 0 bridgehead atoms. The molecule has 0 spiro atoms. The summed E-state index contributed by atoms with van der Waals surface area (Å²) in [7, 11) is 0. The van der Waals surface area contributed by atoms with Crippen molar-refractivity contribution in [2.75, 3.05) is 5.73 Å². The van der Waals surface area contributed by atoms with E-state index < -0.39 is 0 Å². The van der Waals surface area contributed by atoms with Crippen molar-refractivity contribution >= 4 is 17.3 Å². The summed E-state index contributed by atoms with van der Waals surface area (Å²) >= 11 is 5.90. The maximum Gasteiger partial charge on any atom is 0.123 e. The molecule has 3 heteroatoms. The van der Waals surface area contributed by atoms with Crippen LogP contribution in [0, 0.1) is 0 Å². The van der Waals surface area contributed by atoms with Gasteiger partial charge in [-0.05, 0) is 29.2 Å². The standard InChI is InChI=1S/C17H20ClNO/c1-17(2,3)14-6-4-5-7-16(14)20-11-12-8-9-13(18)10-15(12)19/h4-10H,11,19H2,1-3H3. The summed E-state index contributed by atoms with van der Waals surface area (Å²) in [4.78, 5) is 0. The fraction of sp³-hybridized carbons (Fsp3) is 0.294. The fourth-order valence-corrected chi connectivity index (χ4v) is 2.25. The van der Waals surface area contributed by atoms with E-state index in [0.29, 0.717) is 17.3 Å². The van der Waals surface area contributed by atoms with Gasteiger partial charge in [0, 0.05) is 16.3 Å². The highest BCUT2D eigenvalue weighted by atomic mass is 35.5. The molecule has 2 aromatic rings. The molecule has 20 heavy (non-hydrogen) atoms. The van der Waals surface area contributed by atoms with Crippen LogP contribution in [0.1, 0.15) is 31.9 Å². The van der Waals surface area contributed by atoms with E-state index in [4.69, 9.17) is 22.1 Å². The zero-order valence-electron chi connectivity index (χ0n) is 12.1. The summed E-state index contributed by atoms with van der Waals surface area (Å²) in [6.45, 7) is 6.96. The Morgan fingerprint density at radius 1 is 1.10 bits per heavy atom. The summed E-state index contributed by atoms with van der Waals surface area (Å²) in [5.41, 5.74) is 8.78. The van der Waals surface area contributed by atoms with E-state index in [0.717, 1.165) is 11.3 Å². The summed E-state index contributed by atoms with van der Waals surface area (Å²) in [5, 5.41) is 0.640. The molecule has 0 saturated carbocycles. The third kappa shape index (κ3) is 3.45. The number of ether oxygens (including phenoxy) is 1. The number of hydrogen-bond acceptors (Lipinski definition) is 2. The number of halogens is 1. The van der Waals surface area contributed by atoms with Gasteiger partial charge < -0.3 is 10.5 Å². The van der Waals surface area contributed by atoms with Crippen molar-refractivity contribution in [1.29, 1.82) is 0 Å². The van der Waals surface area contributed by atoms with Crippen LogP contribution in [0.3, 0.4) is 0 Å². The van der Waals surface area contributed by atoms with E-state index in [2.05, 4.69) is 26.8 Å². The van der Waals surface area contributed by atoms with Gasteiger partial charge in [0.15, 0.2) is 0 Å². The fourth-order valence-electron chi connectivity index (χ4n) is 2.06. The van der Waals surface area contributed by atoms with E-state index in [1.54, 1.807) is 6.07 Å². The zero-order chi connectivity index (χ0) is 14.8. The first kappa shape index (κ1) is 14.7. The van der Waals surface area contributed by atoms with Crippen LogP contribution in [0.4, 0.5) is 5.69 Å². The predicted molar refractivity (Wildman–Crippen MR) is 85.3 cm³/mol. The van der Waals surface area contributed by atoms with Crippen LogP contribution in [-0.2, 0) is 12.0 Å². The Kier molecular flexibility index (Phi) is 4.24. The minimum Gasteiger partial charge on any atom is -0.489 e. The van der Waals surface area contributed by atoms with Crippen molar-refractivity contribution in [3.05, 3.63) is 58.6 Å². The molecular weight excluding hydrogens is 270 g/mol. The molecule has 0 heterocycles. The van der Waals surface area contributed by atoms with Crippen molar-refractivity contribution in [2.24, 2.45) is 0 Å². The lowest BCUT2D eigenvalue weighted by molar-refractivity contribution is 0.298. The number of nitrogen functional groups attached to an aromatic ring is 1. The highest BCUT2D eigenvalue weighted by Crippen LogP contribution is 2.31. The Morgan fingerprint density at radius 3 is 2.45 bits per heavy atom. The number of nitrogens with two attached hydrogens (primary N) is 1. The van der Waals surface area contributed by atoms with Crippen molar-refractivity contribution < 1.29 is 4.74 Å². The quantitative estimate of drug-likeness (QED) is 0.824. The van der Waals surface area contributed by atoms with Gasteiger partial charge >= 0.3 is 0 Å². The number of hydrogen-bond donors (Lipinski definition) is 1. The van der Waals surface area contributed by atoms with Crippen LogP contribution in [-0.4, -0.2) is 0 Å². The van der Waals surface area contributed by atoms with Gasteiger partial charge in [-0.25, -0.2) is 0 Å². The molecule has 2 rings (SSSR count). The third-order valence-corrected chi connectivity index (χ3v) is 3.42. The maximum atomic E-state index is 5.95. The Balaban J connectivity index is 2.19. The van der Waals surface area contributed by atoms with Gasteiger partial charge in [0.1, 0.15) is 12.4 Å². The lowest BCUT2D eigenvalue weighted by Crippen LogP contribution is -2.13. The first-order valence-electron chi connectivity index (χ1n) is 6.64. The van der Waals surface area contributed by atoms with Gasteiger partial charge in [0.25, 0.3) is 0 Å². The lowest BCUT2D eigenvalue weighted by atomic mass is 9.86. The van der Waals surface area contributed by atoms with Gasteiger partial charge in [0.2, 0.25) is 0 Å². The molecule has 0 saturated heterocycles. The van der Waals surface area contributed by atoms with Crippen LogP contribution >= 0.6 is 11.6 Å². The van der Waals surface area contributed by atoms with Gasteiger partial charge in [0.05, 0.1) is 0 Å². The first-order chi connectivity index (χ1) is 9.38. The Hall–Kier alpha value is -1.67. The van der Waals surface area contributed by atoms with Crippen molar-refractivity contribution in [3.8, 4) is 5.75 Å². The van der Waals surface area contributed by atoms with Crippen LogP contribution in [0.2, 0.25) is 5.02 Å². The molecule has 0 amide bonds. The summed E-state index contributed by atoms with van der Waals surface area (Å²) in [5.74, 6) is 0.898. The third-order valence-electron chi connectivity index (χ3n) is 3.19.